The quantitative estimate of drug-likeness (QED) is 0.527. The molecule has 0 unspecified atom stereocenters. The number of phenolic OH excluding ortho intramolecular Hbond substituents is 1. The van der Waals surface area contributed by atoms with E-state index in [2.05, 4.69) is 31.2 Å². The lowest BCUT2D eigenvalue weighted by Gasteiger charge is -2.16. The highest BCUT2D eigenvalue weighted by Gasteiger charge is 2.20. The molecule has 1 amide bonds. The van der Waals surface area contributed by atoms with E-state index in [4.69, 9.17) is 6.57 Å². The van der Waals surface area contributed by atoms with Gasteiger partial charge in [0.05, 0.1) is 17.8 Å². The summed E-state index contributed by atoms with van der Waals surface area (Å²) in [7, 11) is 4.38. The topological polar surface area (TPSA) is 112 Å². The number of aromatic nitrogens is 2. The highest BCUT2D eigenvalue weighted by atomic mass is 79.9. The Labute approximate surface area is 150 Å². The number of H-pyrrole nitrogens is 1. The van der Waals surface area contributed by atoms with Crippen LogP contribution in [0.5, 0.6) is 5.75 Å². The number of aromatic hydroxyl groups is 1. The molecular formula is C15H14BrN5O4. The SMILES string of the molecule is [C-]#[N+]c1cc(Nc2c(Br)c(=O)n(C)[nH]c2=O)c(O)c(C(=O)N(C)C)c1. The number of nitrogens with one attached hydrogen (secondary N) is 2. The van der Waals surface area contributed by atoms with E-state index in [0.717, 1.165) is 4.68 Å². The summed E-state index contributed by atoms with van der Waals surface area (Å²) in [4.78, 5) is 40.7. The molecule has 0 saturated carbocycles. The third kappa shape index (κ3) is 3.41. The van der Waals surface area contributed by atoms with Crippen molar-refractivity contribution in [2.75, 3.05) is 19.4 Å². The Morgan fingerprint density at radius 3 is 2.60 bits per heavy atom. The summed E-state index contributed by atoms with van der Waals surface area (Å²) in [6, 6.07) is 2.53. The number of halogens is 1. The molecule has 10 heteroatoms. The zero-order valence-electron chi connectivity index (χ0n) is 13.5. The molecule has 25 heavy (non-hydrogen) atoms. The lowest BCUT2D eigenvalue weighted by atomic mass is 10.1. The van der Waals surface area contributed by atoms with E-state index in [9.17, 15) is 19.5 Å². The number of nitrogens with zero attached hydrogens (tertiary/aromatic N) is 3. The Morgan fingerprint density at radius 1 is 1.40 bits per heavy atom. The molecule has 0 aliphatic carbocycles. The first-order valence-corrected chi connectivity index (χ1v) is 7.68. The Bertz CT molecular complexity index is 1020. The fourth-order valence-electron chi connectivity index (χ4n) is 2.04. The second-order valence-electron chi connectivity index (χ2n) is 5.32. The van der Waals surface area contributed by atoms with Crippen LogP contribution in [0.4, 0.5) is 17.1 Å². The van der Waals surface area contributed by atoms with Crippen molar-refractivity contribution in [3.05, 3.63) is 54.3 Å². The maximum Gasteiger partial charge on any atom is 0.287 e. The van der Waals surface area contributed by atoms with Crippen molar-refractivity contribution in [3.63, 3.8) is 0 Å². The van der Waals surface area contributed by atoms with Crippen LogP contribution < -0.4 is 16.4 Å². The van der Waals surface area contributed by atoms with Gasteiger partial charge in [-0.1, -0.05) is 0 Å². The van der Waals surface area contributed by atoms with E-state index < -0.39 is 22.8 Å². The molecule has 1 aromatic carbocycles. The van der Waals surface area contributed by atoms with Crippen LogP contribution >= 0.6 is 15.9 Å². The van der Waals surface area contributed by atoms with Crippen LogP contribution in [0.1, 0.15) is 10.4 Å². The van der Waals surface area contributed by atoms with Gasteiger partial charge in [-0.05, 0) is 28.1 Å². The van der Waals surface area contributed by atoms with Gasteiger partial charge in [0.15, 0.2) is 5.69 Å². The summed E-state index contributed by atoms with van der Waals surface area (Å²) in [6.07, 6.45) is 0. The minimum absolute atomic E-state index is 0.0434. The second-order valence-corrected chi connectivity index (χ2v) is 6.11. The fraction of sp³-hybridized carbons (Fsp3) is 0.200. The van der Waals surface area contributed by atoms with Crippen LogP contribution in [0, 0.1) is 6.57 Å². The van der Waals surface area contributed by atoms with Gasteiger partial charge >= 0.3 is 0 Å². The van der Waals surface area contributed by atoms with Gasteiger partial charge in [-0.15, -0.1) is 0 Å². The number of hydrogen-bond acceptors (Lipinski definition) is 5. The van der Waals surface area contributed by atoms with Crippen molar-refractivity contribution in [1.82, 2.24) is 14.7 Å². The van der Waals surface area contributed by atoms with Crippen LogP contribution in [0.15, 0.2) is 26.2 Å². The number of benzene rings is 1. The zero-order chi connectivity index (χ0) is 18.9. The monoisotopic (exact) mass is 407 g/mol. The maximum atomic E-state index is 12.2. The minimum atomic E-state index is -0.623. The Hall–Kier alpha value is -3.06. The predicted octanol–water partition coefficient (Wildman–Crippen LogP) is 1.54. The first-order chi connectivity index (χ1) is 11.7. The van der Waals surface area contributed by atoms with Crippen LogP contribution in [0.2, 0.25) is 0 Å². The number of amides is 1. The first kappa shape index (κ1) is 18.3. The average molecular weight is 408 g/mol. The molecule has 2 aromatic rings. The Kier molecular flexibility index (Phi) is 4.99. The summed E-state index contributed by atoms with van der Waals surface area (Å²) >= 11 is 3.04. The van der Waals surface area contributed by atoms with Crippen molar-refractivity contribution in [2.45, 2.75) is 0 Å². The summed E-state index contributed by atoms with van der Waals surface area (Å²) in [5.74, 6) is -0.943. The molecule has 0 aliphatic rings. The van der Waals surface area contributed by atoms with E-state index in [0.29, 0.717) is 0 Å². The van der Waals surface area contributed by atoms with Crippen LogP contribution in [0.25, 0.3) is 4.85 Å². The number of aryl methyl sites for hydroxylation is 1. The van der Waals surface area contributed by atoms with Crippen LogP contribution in [-0.2, 0) is 7.05 Å². The average Bonchev–Trinajstić information content (AvgIpc) is 2.57. The summed E-state index contributed by atoms with van der Waals surface area (Å²) in [5.41, 5.74) is -1.34. The molecule has 0 bridgehead atoms. The predicted molar refractivity (Wildman–Crippen MR) is 95.7 cm³/mol. The molecule has 1 heterocycles. The molecule has 2 rings (SSSR count). The zero-order valence-corrected chi connectivity index (χ0v) is 15.1. The number of phenols is 1. The molecule has 3 N–H and O–H groups in total. The number of anilines is 2. The highest BCUT2D eigenvalue weighted by molar-refractivity contribution is 9.10. The van der Waals surface area contributed by atoms with Crippen molar-refractivity contribution in [1.29, 1.82) is 0 Å². The summed E-state index contributed by atoms with van der Waals surface area (Å²) in [5, 5.41) is 15.3. The lowest BCUT2D eigenvalue weighted by molar-refractivity contribution is 0.0825. The van der Waals surface area contributed by atoms with E-state index in [1.54, 1.807) is 0 Å². The van der Waals surface area contributed by atoms with Gasteiger partial charge in [-0.3, -0.25) is 24.2 Å². The first-order valence-electron chi connectivity index (χ1n) is 6.89. The Balaban J connectivity index is 2.66. The lowest BCUT2D eigenvalue weighted by Crippen LogP contribution is -2.29. The number of rotatable bonds is 3. The van der Waals surface area contributed by atoms with Crippen molar-refractivity contribution < 1.29 is 9.90 Å². The molecule has 0 saturated heterocycles. The third-order valence-corrected chi connectivity index (χ3v) is 4.06. The van der Waals surface area contributed by atoms with E-state index in [1.807, 2.05) is 0 Å². The number of aromatic amines is 1. The number of hydrogen-bond donors (Lipinski definition) is 3. The molecular weight excluding hydrogens is 394 g/mol. The largest absolute Gasteiger partial charge is 0.505 e. The Morgan fingerprint density at radius 2 is 2.04 bits per heavy atom. The number of carbonyl (C=O) groups excluding carboxylic acids is 1. The van der Waals surface area contributed by atoms with Gasteiger partial charge in [0.25, 0.3) is 17.0 Å². The molecule has 0 radical (unpaired) electrons. The molecule has 1 aromatic heterocycles. The number of carbonyl (C=O) groups is 1. The fourth-order valence-corrected chi connectivity index (χ4v) is 2.59. The van der Waals surface area contributed by atoms with Crippen molar-refractivity contribution in [2.24, 2.45) is 7.05 Å². The van der Waals surface area contributed by atoms with Gasteiger partial charge in [0.1, 0.15) is 15.9 Å². The van der Waals surface area contributed by atoms with Crippen molar-refractivity contribution in [3.8, 4) is 5.75 Å². The summed E-state index contributed by atoms with van der Waals surface area (Å²) in [6.45, 7) is 7.14. The highest BCUT2D eigenvalue weighted by Crippen LogP contribution is 2.35. The molecule has 0 fully saturated rings. The van der Waals surface area contributed by atoms with Gasteiger partial charge in [-0.2, -0.15) is 0 Å². The van der Waals surface area contributed by atoms with Crippen molar-refractivity contribution >= 4 is 38.9 Å². The van der Waals surface area contributed by atoms with Gasteiger partial charge in [0.2, 0.25) is 0 Å². The standard InChI is InChI=1S/C15H14BrN5O4/c1-17-7-5-8(14(24)20(2)3)12(22)9(6-7)18-11-10(16)15(25)21(4)19-13(11)23/h5-6,18,22H,2-4H3,(H,19,23). The van der Waals surface area contributed by atoms with Crippen LogP contribution in [0.3, 0.4) is 0 Å². The van der Waals surface area contributed by atoms with E-state index >= 15 is 0 Å². The molecule has 130 valence electrons. The molecule has 0 atom stereocenters. The van der Waals surface area contributed by atoms with E-state index in [-0.39, 0.29) is 27.1 Å². The molecule has 0 aliphatic heterocycles. The normalized spacial score (nSPS) is 10.2. The van der Waals surface area contributed by atoms with Crippen LogP contribution in [-0.4, -0.2) is 39.8 Å². The second kappa shape index (κ2) is 6.82. The van der Waals surface area contributed by atoms with E-state index in [1.165, 1.54) is 38.2 Å². The molecule has 9 nitrogen and oxygen atoms in total. The van der Waals surface area contributed by atoms with Gasteiger partial charge in [-0.25, -0.2) is 4.85 Å². The molecule has 0 spiro atoms. The smallest absolute Gasteiger partial charge is 0.287 e. The minimum Gasteiger partial charge on any atom is -0.505 e. The van der Waals surface area contributed by atoms with Gasteiger partial charge in [0, 0.05) is 21.1 Å². The summed E-state index contributed by atoms with van der Waals surface area (Å²) < 4.78 is 0.945. The van der Waals surface area contributed by atoms with Gasteiger partial charge < -0.3 is 15.3 Å². The maximum absolute atomic E-state index is 12.2. The third-order valence-electron chi connectivity index (χ3n) is 3.33.